The van der Waals surface area contributed by atoms with Crippen LogP contribution in [0.1, 0.15) is 36.6 Å². The summed E-state index contributed by atoms with van der Waals surface area (Å²) in [7, 11) is 0. The Hall–Kier alpha value is -1.77. The Morgan fingerprint density at radius 1 is 1.18 bits per heavy atom. The van der Waals surface area contributed by atoms with Gasteiger partial charge < -0.3 is 5.73 Å². The number of anilines is 1. The predicted molar refractivity (Wildman–Crippen MR) is 71.5 cm³/mol. The quantitative estimate of drug-likeness (QED) is 0.859. The lowest BCUT2D eigenvalue weighted by Gasteiger charge is -2.08. The van der Waals surface area contributed by atoms with Crippen LogP contribution in [0.3, 0.4) is 0 Å². The van der Waals surface area contributed by atoms with E-state index in [1.54, 1.807) is 0 Å². The molecule has 0 aliphatic carbocycles. The fraction of sp³-hybridized carbons (Fsp3) is 0.357. The summed E-state index contributed by atoms with van der Waals surface area (Å²) in [6.07, 6.45) is 0. The lowest BCUT2D eigenvalue weighted by atomic mass is 10.1. The summed E-state index contributed by atoms with van der Waals surface area (Å²) in [6.45, 7) is 8.39. The Bertz CT molecular complexity index is 538. The van der Waals surface area contributed by atoms with Crippen LogP contribution in [0, 0.1) is 13.8 Å². The van der Waals surface area contributed by atoms with E-state index >= 15 is 0 Å². The minimum absolute atomic E-state index is 0.392. The number of aromatic nitrogens is 2. The number of rotatable bonds is 2. The number of nitrogens with zero attached hydrogens (tertiary/aromatic N) is 2. The predicted octanol–water partition coefficient (Wildman–Crippen LogP) is 3.19. The van der Waals surface area contributed by atoms with Gasteiger partial charge in [0.15, 0.2) is 0 Å². The van der Waals surface area contributed by atoms with Gasteiger partial charge in [-0.1, -0.05) is 26.0 Å². The van der Waals surface area contributed by atoms with Crippen LogP contribution in [0.2, 0.25) is 0 Å². The molecule has 17 heavy (non-hydrogen) atoms. The Morgan fingerprint density at radius 2 is 1.88 bits per heavy atom. The van der Waals surface area contributed by atoms with E-state index in [4.69, 9.17) is 5.73 Å². The minimum atomic E-state index is 0.392. The van der Waals surface area contributed by atoms with Crippen LogP contribution in [0.25, 0.3) is 5.69 Å². The Kier molecular flexibility index (Phi) is 2.92. The van der Waals surface area contributed by atoms with Gasteiger partial charge in [-0.05, 0) is 37.0 Å². The zero-order valence-electron chi connectivity index (χ0n) is 10.9. The molecule has 0 bridgehead atoms. The lowest BCUT2D eigenvalue weighted by Crippen LogP contribution is -2.04. The third kappa shape index (κ3) is 2.18. The van der Waals surface area contributed by atoms with Crippen molar-refractivity contribution in [3.05, 3.63) is 41.1 Å². The first-order chi connectivity index (χ1) is 7.99. The van der Waals surface area contributed by atoms with E-state index in [0.717, 1.165) is 11.4 Å². The fourth-order valence-corrected chi connectivity index (χ4v) is 1.84. The van der Waals surface area contributed by atoms with Gasteiger partial charge >= 0.3 is 0 Å². The van der Waals surface area contributed by atoms with Crippen LogP contribution in [-0.2, 0) is 0 Å². The molecule has 0 saturated carbocycles. The second kappa shape index (κ2) is 4.24. The molecule has 0 aliphatic rings. The normalized spacial score (nSPS) is 11.1. The summed E-state index contributed by atoms with van der Waals surface area (Å²) in [5.74, 6) is 1.09. The molecule has 1 heterocycles. The van der Waals surface area contributed by atoms with Crippen LogP contribution < -0.4 is 5.73 Å². The number of hydrogen-bond acceptors (Lipinski definition) is 2. The minimum Gasteiger partial charge on any atom is -0.384 e. The van der Waals surface area contributed by atoms with Gasteiger partial charge in [0.05, 0.1) is 11.4 Å². The van der Waals surface area contributed by atoms with Crippen molar-refractivity contribution in [2.24, 2.45) is 0 Å². The maximum absolute atomic E-state index is 6.03. The van der Waals surface area contributed by atoms with Crippen molar-refractivity contribution < 1.29 is 0 Å². The maximum atomic E-state index is 6.03. The zero-order chi connectivity index (χ0) is 12.6. The third-order valence-electron chi connectivity index (χ3n) is 2.94. The molecule has 2 aromatic rings. The second-order valence-electron chi connectivity index (χ2n) is 4.85. The monoisotopic (exact) mass is 229 g/mol. The molecule has 0 aliphatic heterocycles. The molecule has 0 unspecified atom stereocenters. The number of hydrogen-bond donors (Lipinski definition) is 1. The van der Waals surface area contributed by atoms with Gasteiger partial charge in [0.1, 0.15) is 5.82 Å². The molecule has 0 fully saturated rings. The topological polar surface area (TPSA) is 43.8 Å². The van der Waals surface area contributed by atoms with Crippen molar-refractivity contribution in [2.45, 2.75) is 33.6 Å². The van der Waals surface area contributed by atoms with Crippen molar-refractivity contribution in [1.29, 1.82) is 0 Å². The van der Waals surface area contributed by atoms with Crippen LogP contribution in [0.5, 0.6) is 0 Å². The molecule has 3 heteroatoms. The number of benzene rings is 1. The van der Waals surface area contributed by atoms with E-state index < -0.39 is 0 Å². The van der Waals surface area contributed by atoms with Gasteiger partial charge in [0, 0.05) is 6.07 Å². The summed E-state index contributed by atoms with van der Waals surface area (Å²) in [5.41, 5.74) is 10.5. The average molecular weight is 229 g/mol. The highest BCUT2D eigenvalue weighted by Gasteiger charge is 2.11. The number of aryl methyl sites for hydroxylation is 2. The first-order valence-electron chi connectivity index (χ1n) is 5.92. The molecular weight excluding hydrogens is 210 g/mol. The SMILES string of the molecule is Cc1ccc(C)c(-n2nc(C(C)C)cc2N)c1. The fourth-order valence-electron chi connectivity index (χ4n) is 1.84. The van der Waals surface area contributed by atoms with Gasteiger partial charge in [-0.25, -0.2) is 4.68 Å². The second-order valence-corrected chi connectivity index (χ2v) is 4.85. The molecule has 0 spiro atoms. The molecule has 0 saturated heterocycles. The Labute approximate surface area is 102 Å². The third-order valence-corrected chi connectivity index (χ3v) is 2.94. The van der Waals surface area contributed by atoms with Crippen molar-refractivity contribution in [3.8, 4) is 5.69 Å². The van der Waals surface area contributed by atoms with Gasteiger partial charge in [0.25, 0.3) is 0 Å². The van der Waals surface area contributed by atoms with Gasteiger partial charge in [-0.3, -0.25) is 0 Å². The van der Waals surface area contributed by atoms with Crippen LogP contribution in [0.15, 0.2) is 24.3 Å². The van der Waals surface area contributed by atoms with E-state index in [2.05, 4.69) is 51.0 Å². The molecule has 1 aromatic heterocycles. The highest BCUT2D eigenvalue weighted by molar-refractivity contribution is 5.49. The highest BCUT2D eigenvalue weighted by atomic mass is 15.3. The zero-order valence-corrected chi connectivity index (χ0v) is 10.9. The summed E-state index contributed by atoms with van der Waals surface area (Å²) < 4.78 is 1.83. The van der Waals surface area contributed by atoms with E-state index in [9.17, 15) is 0 Å². The molecule has 0 amide bonds. The summed E-state index contributed by atoms with van der Waals surface area (Å²) in [6, 6.07) is 8.26. The smallest absolute Gasteiger partial charge is 0.127 e. The van der Waals surface area contributed by atoms with Crippen LogP contribution in [-0.4, -0.2) is 9.78 Å². The van der Waals surface area contributed by atoms with Crippen LogP contribution >= 0.6 is 0 Å². The molecule has 1 aromatic carbocycles. The highest BCUT2D eigenvalue weighted by Crippen LogP contribution is 2.22. The van der Waals surface area contributed by atoms with Crippen LogP contribution in [0.4, 0.5) is 5.82 Å². The van der Waals surface area contributed by atoms with E-state index in [1.165, 1.54) is 11.1 Å². The molecule has 2 N–H and O–H groups in total. The number of nitrogen functional groups attached to an aromatic ring is 1. The Morgan fingerprint density at radius 3 is 2.47 bits per heavy atom. The van der Waals surface area contributed by atoms with E-state index in [-0.39, 0.29) is 0 Å². The first kappa shape index (κ1) is 11.7. The van der Waals surface area contributed by atoms with Crippen molar-refractivity contribution in [3.63, 3.8) is 0 Å². The van der Waals surface area contributed by atoms with E-state index in [0.29, 0.717) is 11.7 Å². The standard InChI is InChI=1S/C14H19N3/c1-9(2)12-8-14(15)17(16-12)13-7-10(3)5-6-11(13)4/h5-9H,15H2,1-4H3. The average Bonchev–Trinajstić information content (AvgIpc) is 2.64. The summed E-state index contributed by atoms with van der Waals surface area (Å²) >= 11 is 0. The molecule has 0 radical (unpaired) electrons. The maximum Gasteiger partial charge on any atom is 0.127 e. The molecule has 3 nitrogen and oxygen atoms in total. The molecule has 0 atom stereocenters. The molecule has 2 rings (SSSR count). The van der Waals surface area contributed by atoms with Gasteiger partial charge in [-0.15, -0.1) is 0 Å². The van der Waals surface area contributed by atoms with Gasteiger partial charge in [-0.2, -0.15) is 5.10 Å². The number of nitrogens with two attached hydrogens (primary N) is 1. The van der Waals surface area contributed by atoms with Crippen molar-refractivity contribution in [2.75, 3.05) is 5.73 Å². The summed E-state index contributed by atoms with van der Waals surface area (Å²) in [5, 5.41) is 4.57. The van der Waals surface area contributed by atoms with Gasteiger partial charge in [0.2, 0.25) is 0 Å². The molecular formula is C14H19N3. The van der Waals surface area contributed by atoms with Crippen molar-refractivity contribution >= 4 is 5.82 Å². The van der Waals surface area contributed by atoms with Crippen molar-refractivity contribution in [1.82, 2.24) is 9.78 Å². The largest absolute Gasteiger partial charge is 0.384 e. The Balaban J connectivity index is 2.56. The first-order valence-corrected chi connectivity index (χ1v) is 5.92. The lowest BCUT2D eigenvalue weighted by molar-refractivity contribution is 0.769. The molecule has 90 valence electrons. The van der Waals surface area contributed by atoms with E-state index in [1.807, 2.05) is 10.7 Å². The summed E-state index contributed by atoms with van der Waals surface area (Å²) in [4.78, 5) is 0.